The van der Waals surface area contributed by atoms with Gasteiger partial charge in [0, 0.05) is 12.3 Å². The second kappa shape index (κ2) is 6.92. The molecule has 1 nitrogen and oxygen atoms in total. The van der Waals surface area contributed by atoms with E-state index in [1.165, 1.54) is 0 Å². The summed E-state index contributed by atoms with van der Waals surface area (Å²) in [5.41, 5.74) is 1.09. The lowest BCUT2D eigenvalue weighted by molar-refractivity contribution is 0.415. The topological polar surface area (TPSA) is 9.23 Å². The molecule has 0 N–H and O–H groups in total. The maximum atomic E-state index is 6.14. The minimum atomic E-state index is 0.269. The number of hydrogen-bond donors (Lipinski definition) is 0. The summed E-state index contributed by atoms with van der Waals surface area (Å²) < 4.78 is 5.14. The van der Waals surface area contributed by atoms with Gasteiger partial charge in [-0.1, -0.05) is 49.9 Å². The van der Waals surface area contributed by atoms with Gasteiger partial charge in [0.2, 0.25) is 0 Å². The third kappa shape index (κ3) is 3.57. The van der Waals surface area contributed by atoms with Crippen LogP contribution in [0.3, 0.4) is 0 Å². The van der Waals surface area contributed by atoms with E-state index in [-0.39, 0.29) is 11.8 Å². The Morgan fingerprint density at radius 1 is 1.22 bits per heavy atom. The van der Waals surface area contributed by atoms with Crippen molar-refractivity contribution < 1.29 is 4.74 Å². The summed E-state index contributed by atoms with van der Waals surface area (Å²) in [6.45, 7) is 6.29. The number of halogens is 2. The molecule has 0 aliphatic heterocycles. The van der Waals surface area contributed by atoms with E-state index in [4.69, 9.17) is 27.9 Å². The summed E-state index contributed by atoms with van der Waals surface area (Å²) >= 11 is 12.3. The summed E-state index contributed by atoms with van der Waals surface area (Å²) in [5, 5.41) is 1.09. The van der Waals surface area contributed by atoms with Crippen LogP contribution in [0.15, 0.2) is 12.1 Å². The van der Waals surface area contributed by atoms with Crippen LogP contribution < -0.4 is 4.74 Å². The van der Waals surface area contributed by atoms with E-state index in [1.54, 1.807) is 7.11 Å². The van der Waals surface area contributed by atoms with Crippen molar-refractivity contribution in [2.45, 2.75) is 33.1 Å². The molecule has 0 aromatic heterocycles. The number of benzene rings is 1. The molecule has 0 fully saturated rings. The van der Waals surface area contributed by atoms with Crippen LogP contribution in [0.1, 0.15) is 38.7 Å². The van der Waals surface area contributed by atoms with Crippen LogP contribution in [-0.2, 0) is 0 Å². The molecule has 0 heterocycles. The van der Waals surface area contributed by atoms with Gasteiger partial charge in [0.05, 0.1) is 17.2 Å². The maximum absolute atomic E-state index is 6.14. The highest BCUT2D eigenvalue weighted by Gasteiger charge is 2.16. The highest BCUT2D eigenvalue weighted by molar-refractivity contribution is 6.37. The van der Waals surface area contributed by atoms with E-state index < -0.39 is 0 Å². The van der Waals surface area contributed by atoms with Crippen LogP contribution in [0.5, 0.6) is 5.75 Å². The molecular weight excluding hydrogens is 267 g/mol. The van der Waals surface area contributed by atoms with E-state index in [0.717, 1.165) is 12.0 Å². The molecule has 1 rings (SSSR count). The summed E-state index contributed by atoms with van der Waals surface area (Å²) in [6, 6.07) is 3.81. The van der Waals surface area contributed by atoms with E-state index in [0.29, 0.717) is 15.8 Å². The normalized spacial score (nSPS) is 13.4. The van der Waals surface area contributed by atoms with Crippen molar-refractivity contribution in [3.05, 3.63) is 27.7 Å². The van der Waals surface area contributed by atoms with Gasteiger partial charge in [-0.25, -0.2) is 0 Å². The number of hydrogen-bond acceptors (Lipinski definition) is 1. The summed E-state index contributed by atoms with van der Waals surface area (Å²) in [7, 11) is 1.56. The molecule has 0 bridgehead atoms. The molecule has 1 aromatic carbocycles. The Morgan fingerprint density at radius 2 is 1.78 bits per heavy atom. The Kier molecular flexibility index (Phi) is 5.85. The number of ether oxygens (including phenoxy) is 1. The average Bonchev–Trinajstić information content (AvgIpc) is 2.34. The fourth-order valence-electron chi connectivity index (χ4n) is 1.71. The van der Waals surface area contributed by atoms with Crippen LogP contribution in [0, 0.1) is 17.8 Å². The molecule has 0 spiro atoms. The van der Waals surface area contributed by atoms with Gasteiger partial charge in [0.25, 0.3) is 0 Å². The highest BCUT2D eigenvalue weighted by Crippen LogP contribution is 2.37. The second-order valence-electron chi connectivity index (χ2n) is 4.27. The quantitative estimate of drug-likeness (QED) is 0.697. The molecule has 98 valence electrons. The molecule has 0 saturated heterocycles. The third-order valence-electron chi connectivity index (χ3n) is 3.01. The van der Waals surface area contributed by atoms with Gasteiger partial charge in [0.1, 0.15) is 0 Å². The molecule has 0 saturated carbocycles. The Bertz CT molecular complexity index is 448. The van der Waals surface area contributed by atoms with Crippen LogP contribution in [-0.4, -0.2) is 7.11 Å². The SMILES string of the molecule is CCC#CC(C)C(C)c1cc(Cl)c(OC)c(Cl)c1. The zero-order valence-electron chi connectivity index (χ0n) is 11.2. The molecule has 0 radical (unpaired) electrons. The fourth-order valence-corrected chi connectivity index (χ4v) is 2.37. The Morgan fingerprint density at radius 3 is 2.22 bits per heavy atom. The molecule has 2 atom stereocenters. The van der Waals surface area contributed by atoms with Gasteiger partial charge < -0.3 is 4.74 Å². The number of methoxy groups -OCH3 is 1. The van der Waals surface area contributed by atoms with Crippen molar-refractivity contribution >= 4 is 23.2 Å². The first-order valence-corrected chi connectivity index (χ1v) is 6.78. The van der Waals surface area contributed by atoms with Gasteiger partial charge in [0.15, 0.2) is 5.75 Å². The van der Waals surface area contributed by atoms with Crippen molar-refractivity contribution in [3.8, 4) is 17.6 Å². The Labute approximate surface area is 119 Å². The minimum Gasteiger partial charge on any atom is -0.494 e. The molecular formula is C15H18Cl2O. The third-order valence-corrected chi connectivity index (χ3v) is 3.57. The number of rotatable bonds is 3. The average molecular weight is 285 g/mol. The van der Waals surface area contributed by atoms with Crippen molar-refractivity contribution in [1.29, 1.82) is 0 Å². The van der Waals surface area contributed by atoms with E-state index >= 15 is 0 Å². The predicted molar refractivity (Wildman–Crippen MR) is 78.7 cm³/mol. The lowest BCUT2D eigenvalue weighted by Gasteiger charge is -2.17. The summed E-state index contributed by atoms with van der Waals surface area (Å²) in [4.78, 5) is 0. The Balaban J connectivity index is 3.03. The van der Waals surface area contributed by atoms with E-state index in [9.17, 15) is 0 Å². The minimum absolute atomic E-state index is 0.269. The van der Waals surface area contributed by atoms with Crippen LogP contribution in [0.25, 0.3) is 0 Å². The van der Waals surface area contributed by atoms with Gasteiger partial charge in [-0.15, -0.1) is 5.92 Å². The van der Waals surface area contributed by atoms with Crippen LogP contribution >= 0.6 is 23.2 Å². The monoisotopic (exact) mass is 284 g/mol. The first kappa shape index (κ1) is 15.2. The standard InChI is InChI=1S/C15H18Cl2O/c1-5-6-7-10(2)11(3)12-8-13(16)15(18-4)14(17)9-12/h8-11H,5H2,1-4H3. The molecule has 0 amide bonds. The summed E-state index contributed by atoms with van der Waals surface area (Å²) in [6.07, 6.45) is 0.876. The fraction of sp³-hybridized carbons (Fsp3) is 0.467. The van der Waals surface area contributed by atoms with Crippen LogP contribution in [0.2, 0.25) is 10.0 Å². The first-order chi connectivity index (χ1) is 8.51. The van der Waals surface area contributed by atoms with Gasteiger partial charge in [-0.2, -0.15) is 0 Å². The lowest BCUT2D eigenvalue weighted by atomic mass is 9.89. The van der Waals surface area contributed by atoms with Crippen molar-refractivity contribution in [1.82, 2.24) is 0 Å². The molecule has 0 aliphatic rings. The van der Waals surface area contributed by atoms with Crippen molar-refractivity contribution in [2.75, 3.05) is 7.11 Å². The molecule has 18 heavy (non-hydrogen) atoms. The molecule has 1 aromatic rings. The second-order valence-corrected chi connectivity index (χ2v) is 5.08. The highest BCUT2D eigenvalue weighted by atomic mass is 35.5. The molecule has 3 heteroatoms. The molecule has 0 aliphatic carbocycles. The zero-order valence-corrected chi connectivity index (χ0v) is 12.7. The molecule has 2 unspecified atom stereocenters. The largest absolute Gasteiger partial charge is 0.494 e. The first-order valence-electron chi connectivity index (χ1n) is 6.02. The maximum Gasteiger partial charge on any atom is 0.156 e. The predicted octanol–water partition coefficient (Wildman–Crippen LogP) is 5.16. The van der Waals surface area contributed by atoms with Gasteiger partial charge in [-0.05, 0) is 23.6 Å². The van der Waals surface area contributed by atoms with E-state index in [2.05, 4.69) is 25.7 Å². The van der Waals surface area contributed by atoms with Gasteiger partial charge >= 0.3 is 0 Å². The summed E-state index contributed by atoms with van der Waals surface area (Å²) in [5.74, 6) is 7.42. The zero-order chi connectivity index (χ0) is 13.7. The van der Waals surface area contributed by atoms with E-state index in [1.807, 2.05) is 19.1 Å². The van der Waals surface area contributed by atoms with Crippen molar-refractivity contribution in [3.63, 3.8) is 0 Å². The van der Waals surface area contributed by atoms with Crippen LogP contribution in [0.4, 0.5) is 0 Å². The lowest BCUT2D eigenvalue weighted by Crippen LogP contribution is -2.04. The van der Waals surface area contributed by atoms with Gasteiger partial charge in [-0.3, -0.25) is 0 Å². The smallest absolute Gasteiger partial charge is 0.156 e. The van der Waals surface area contributed by atoms with Crippen molar-refractivity contribution in [2.24, 2.45) is 5.92 Å². The Hall–Kier alpha value is -0.840.